The van der Waals surface area contributed by atoms with E-state index in [9.17, 15) is 22.0 Å². The second kappa shape index (κ2) is 10.3. The number of alkyl halides is 2. The molecule has 0 spiro atoms. The lowest BCUT2D eigenvalue weighted by Crippen LogP contribution is -2.33. The Kier molecular flexibility index (Phi) is 8.39. The minimum atomic E-state index is -4.63. The first-order valence-corrected chi connectivity index (χ1v) is 11.0. The molecule has 2 aromatic carbocycles. The number of sulfone groups is 1. The molecule has 0 fully saturated rings. The molecule has 0 unspecified atom stereocenters. The highest BCUT2D eigenvalue weighted by atomic mass is 35.5. The van der Waals surface area contributed by atoms with Crippen LogP contribution in [-0.2, 0) is 21.2 Å². The summed E-state index contributed by atoms with van der Waals surface area (Å²) in [5, 5.41) is 3.50. The van der Waals surface area contributed by atoms with Gasteiger partial charge in [-0.3, -0.25) is 9.69 Å². The van der Waals surface area contributed by atoms with E-state index in [2.05, 4.69) is 5.32 Å². The SMILES string of the molecule is CCCN(CC(=O)Nc1ccc(Cl)cc1Cl)Cc1ccc(S(=O)(=O)C(F)F)cc1. The fourth-order valence-corrected chi connectivity index (χ4v) is 3.84. The normalized spacial score (nSPS) is 11.8. The third-order valence-corrected chi connectivity index (χ3v) is 5.95. The van der Waals surface area contributed by atoms with E-state index in [1.807, 2.05) is 11.8 Å². The van der Waals surface area contributed by atoms with Crippen molar-refractivity contribution in [2.75, 3.05) is 18.4 Å². The summed E-state index contributed by atoms with van der Waals surface area (Å²) in [6.45, 7) is 2.99. The molecule has 2 aromatic rings. The van der Waals surface area contributed by atoms with E-state index in [0.717, 1.165) is 18.6 Å². The van der Waals surface area contributed by atoms with Crippen molar-refractivity contribution in [2.45, 2.75) is 30.5 Å². The third kappa shape index (κ3) is 6.64. The van der Waals surface area contributed by atoms with E-state index >= 15 is 0 Å². The number of carbonyl (C=O) groups excluding carboxylic acids is 1. The molecule has 158 valence electrons. The number of nitrogens with one attached hydrogen (secondary N) is 1. The van der Waals surface area contributed by atoms with Gasteiger partial charge in [-0.1, -0.05) is 42.3 Å². The zero-order valence-electron chi connectivity index (χ0n) is 15.5. The highest BCUT2D eigenvalue weighted by molar-refractivity contribution is 7.91. The van der Waals surface area contributed by atoms with Crippen LogP contribution in [0, 0.1) is 0 Å². The monoisotopic (exact) mass is 464 g/mol. The predicted molar refractivity (Wildman–Crippen MR) is 110 cm³/mol. The van der Waals surface area contributed by atoms with Crippen LogP contribution in [-0.4, -0.2) is 38.1 Å². The quantitative estimate of drug-likeness (QED) is 0.576. The summed E-state index contributed by atoms with van der Waals surface area (Å²) in [6.07, 6.45) is 0.785. The van der Waals surface area contributed by atoms with Gasteiger partial charge >= 0.3 is 5.76 Å². The van der Waals surface area contributed by atoms with Gasteiger partial charge in [-0.25, -0.2) is 8.42 Å². The summed E-state index contributed by atoms with van der Waals surface area (Å²) < 4.78 is 48.3. The van der Waals surface area contributed by atoms with Gasteiger partial charge in [0.25, 0.3) is 0 Å². The summed E-state index contributed by atoms with van der Waals surface area (Å²) in [6, 6.07) is 9.97. The summed E-state index contributed by atoms with van der Waals surface area (Å²) in [5.74, 6) is -3.74. The van der Waals surface area contributed by atoms with Gasteiger partial charge in [-0.15, -0.1) is 0 Å². The Hall–Kier alpha value is -1.74. The van der Waals surface area contributed by atoms with E-state index in [1.165, 1.54) is 18.2 Å². The number of carbonyl (C=O) groups is 1. The minimum absolute atomic E-state index is 0.0733. The first-order valence-electron chi connectivity index (χ1n) is 8.71. The summed E-state index contributed by atoms with van der Waals surface area (Å²) in [4.78, 5) is 13.8. The van der Waals surface area contributed by atoms with Gasteiger partial charge in [0, 0.05) is 11.6 Å². The van der Waals surface area contributed by atoms with Crippen LogP contribution in [0.1, 0.15) is 18.9 Å². The molecule has 2 rings (SSSR count). The van der Waals surface area contributed by atoms with E-state index in [0.29, 0.717) is 34.4 Å². The molecule has 0 heterocycles. The third-order valence-electron chi connectivity index (χ3n) is 4.00. The molecule has 1 N–H and O–H groups in total. The van der Waals surface area contributed by atoms with Gasteiger partial charge in [-0.05, 0) is 48.9 Å². The lowest BCUT2D eigenvalue weighted by Gasteiger charge is -2.21. The van der Waals surface area contributed by atoms with Crippen molar-refractivity contribution >= 4 is 44.6 Å². The van der Waals surface area contributed by atoms with Crippen molar-refractivity contribution in [2.24, 2.45) is 0 Å². The van der Waals surface area contributed by atoms with Gasteiger partial charge < -0.3 is 5.32 Å². The molecular formula is C19H20Cl2F2N2O3S. The Morgan fingerprint density at radius 1 is 1.14 bits per heavy atom. The van der Waals surface area contributed by atoms with E-state index in [4.69, 9.17) is 23.2 Å². The largest absolute Gasteiger partial charge is 0.341 e. The molecular weight excluding hydrogens is 445 g/mol. The van der Waals surface area contributed by atoms with Gasteiger partial charge in [0.15, 0.2) is 0 Å². The zero-order chi connectivity index (χ0) is 21.6. The summed E-state index contributed by atoms with van der Waals surface area (Å²) in [7, 11) is -4.63. The molecule has 29 heavy (non-hydrogen) atoms. The first kappa shape index (κ1) is 23.5. The predicted octanol–water partition coefficient (Wildman–Crippen LogP) is 4.84. The van der Waals surface area contributed by atoms with Crippen LogP contribution in [0.2, 0.25) is 10.0 Å². The molecule has 1 amide bonds. The van der Waals surface area contributed by atoms with Crippen LogP contribution in [0.4, 0.5) is 14.5 Å². The van der Waals surface area contributed by atoms with Crippen molar-refractivity contribution in [3.05, 3.63) is 58.1 Å². The standard InChI is InChI=1S/C19H20Cl2F2N2O3S/c1-2-9-25(12-18(26)24-17-8-5-14(20)10-16(17)21)11-13-3-6-15(7-4-13)29(27,28)19(22)23/h3-8,10,19H,2,9,11-12H2,1H3,(H,24,26). The van der Waals surface area contributed by atoms with Crippen molar-refractivity contribution < 1.29 is 22.0 Å². The van der Waals surface area contributed by atoms with Crippen LogP contribution in [0.5, 0.6) is 0 Å². The van der Waals surface area contributed by atoms with E-state index in [-0.39, 0.29) is 12.5 Å². The van der Waals surface area contributed by atoms with Crippen LogP contribution >= 0.6 is 23.2 Å². The molecule has 0 aliphatic rings. The number of amides is 1. The Labute approximate surface area is 178 Å². The van der Waals surface area contributed by atoms with E-state index in [1.54, 1.807) is 12.1 Å². The van der Waals surface area contributed by atoms with Crippen LogP contribution in [0.3, 0.4) is 0 Å². The van der Waals surface area contributed by atoms with Crippen LogP contribution < -0.4 is 5.32 Å². The molecule has 0 aliphatic heterocycles. The Bertz CT molecular complexity index is 954. The van der Waals surface area contributed by atoms with Crippen molar-refractivity contribution in [3.8, 4) is 0 Å². The molecule has 0 bridgehead atoms. The molecule has 5 nitrogen and oxygen atoms in total. The number of benzene rings is 2. The minimum Gasteiger partial charge on any atom is -0.324 e. The smallest absolute Gasteiger partial charge is 0.324 e. The van der Waals surface area contributed by atoms with Gasteiger partial charge in [0.1, 0.15) is 0 Å². The molecule has 0 saturated carbocycles. The second-order valence-corrected chi connectivity index (χ2v) is 9.09. The Morgan fingerprint density at radius 2 is 1.79 bits per heavy atom. The number of hydrogen-bond acceptors (Lipinski definition) is 4. The fourth-order valence-electron chi connectivity index (χ4n) is 2.66. The van der Waals surface area contributed by atoms with Crippen molar-refractivity contribution in [3.63, 3.8) is 0 Å². The Morgan fingerprint density at radius 3 is 2.34 bits per heavy atom. The lowest BCUT2D eigenvalue weighted by molar-refractivity contribution is -0.117. The topological polar surface area (TPSA) is 66.5 Å². The zero-order valence-corrected chi connectivity index (χ0v) is 17.9. The maximum absolute atomic E-state index is 12.6. The summed E-state index contributed by atoms with van der Waals surface area (Å²) in [5.41, 5.74) is 1.14. The highest BCUT2D eigenvalue weighted by Crippen LogP contribution is 2.25. The molecule has 0 aliphatic carbocycles. The van der Waals surface area contributed by atoms with Crippen LogP contribution in [0.15, 0.2) is 47.4 Å². The van der Waals surface area contributed by atoms with Gasteiger partial charge in [-0.2, -0.15) is 8.78 Å². The number of halogens is 4. The maximum atomic E-state index is 12.6. The maximum Gasteiger partial charge on any atom is 0.341 e. The number of hydrogen-bond donors (Lipinski definition) is 1. The number of nitrogens with zero attached hydrogens (tertiary/aromatic N) is 1. The van der Waals surface area contributed by atoms with Crippen molar-refractivity contribution in [1.82, 2.24) is 4.90 Å². The number of anilines is 1. The lowest BCUT2D eigenvalue weighted by atomic mass is 10.2. The second-order valence-electron chi connectivity index (χ2n) is 6.33. The summed E-state index contributed by atoms with van der Waals surface area (Å²) >= 11 is 11.9. The van der Waals surface area contributed by atoms with Gasteiger partial charge in [0.05, 0.1) is 22.2 Å². The average Bonchev–Trinajstić information content (AvgIpc) is 2.64. The van der Waals surface area contributed by atoms with Crippen molar-refractivity contribution in [1.29, 1.82) is 0 Å². The molecule has 0 saturated heterocycles. The number of rotatable bonds is 9. The van der Waals surface area contributed by atoms with E-state index < -0.39 is 20.5 Å². The highest BCUT2D eigenvalue weighted by Gasteiger charge is 2.26. The van der Waals surface area contributed by atoms with Gasteiger partial charge in [0.2, 0.25) is 15.7 Å². The first-order chi connectivity index (χ1) is 13.6. The van der Waals surface area contributed by atoms with Crippen LogP contribution in [0.25, 0.3) is 0 Å². The Balaban J connectivity index is 2.05. The molecule has 10 heteroatoms. The molecule has 0 radical (unpaired) electrons. The molecule has 0 aromatic heterocycles. The average molecular weight is 465 g/mol. The fraction of sp³-hybridized carbons (Fsp3) is 0.316. The molecule has 0 atom stereocenters.